The number of hydrogen-bond acceptors (Lipinski definition) is 2. The number of aromatic nitrogens is 3. The van der Waals surface area contributed by atoms with E-state index in [1.165, 1.54) is 12.4 Å². The molecule has 0 N–H and O–H groups in total. The van der Waals surface area contributed by atoms with Crippen LogP contribution in [0.4, 0.5) is 8.78 Å². The van der Waals surface area contributed by atoms with Crippen LogP contribution in [0, 0.1) is 0 Å². The molecule has 0 bridgehead atoms. The van der Waals surface area contributed by atoms with E-state index in [1.807, 2.05) is 30.3 Å². The first-order valence-electron chi connectivity index (χ1n) is 5.42. The Morgan fingerprint density at radius 1 is 1.11 bits per heavy atom. The lowest BCUT2D eigenvalue weighted by Crippen LogP contribution is -1.96. The van der Waals surface area contributed by atoms with Crippen LogP contribution in [0.1, 0.15) is 6.55 Å². The lowest BCUT2D eigenvalue weighted by molar-refractivity contribution is 0.0566. The van der Waals surface area contributed by atoms with Gasteiger partial charge in [0.05, 0.1) is 11.7 Å². The molecule has 0 radical (unpaired) electrons. The SMILES string of the molecule is FC(F)n1cc(-c2cccc3cccnc23)cn1. The summed E-state index contributed by atoms with van der Waals surface area (Å²) in [5.74, 6) is 0. The monoisotopic (exact) mass is 245 g/mol. The van der Waals surface area contributed by atoms with E-state index in [1.54, 1.807) is 6.20 Å². The summed E-state index contributed by atoms with van der Waals surface area (Å²) in [6.07, 6.45) is 4.44. The van der Waals surface area contributed by atoms with Crippen LogP contribution in [-0.4, -0.2) is 14.8 Å². The zero-order valence-electron chi connectivity index (χ0n) is 9.29. The van der Waals surface area contributed by atoms with Crippen LogP contribution in [-0.2, 0) is 0 Å². The van der Waals surface area contributed by atoms with Crippen LogP contribution >= 0.6 is 0 Å². The fourth-order valence-electron chi connectivity index (χ4n) is 1.92. The second kappa shape index (κ2) is 4.18. The van der Waals surface area contributed by atoms with Gasteiger partial charge in [-0.3, -0.25) is 4.98 Å². The molecule has 0 saturated heterocycles. The van der Waals surface area contributed by atoms with Gasteiger partial charge in [0, 0.05) is 28.9 Å². The summed E-state index contributed by atoms with van der Waals surface area (Å²) in [7, 11) is 0. The molecule has 0 atom stereocenters. The van der Waals surface area contributed by atoms with Gasteiger partial charge in [-0.2, -0.15) is 13.9 Å². The smallest absolute Gasteiger partial charge is 0.256 e. The summed E-state index contributed by atoms with van der Waals surface area (Å²) in [5.41, 5.74) is 2.23. The third-order valence-corrected chi connectivity index (χ3v) is 2.75. The summed E-state index contributed by atoms with van der Waals surface area (Å²) in [4.78, 5) is 4.29. The third-order valence-electron chi connectivity index (χ3n) is 2.75. The number of para-hydroxylation sites is 1. The first kappa shape index (κ1) is 10.8. The standard InChI is InChI=1S/C13H9F2N3/c14-13(15)18-8-10(7-17-18)11-5-1-3-9-4-2-6-16-12(9)11/h1-8,13H. The first-order valence-corrected chi connectivity index (χ1v) is 5.42. The molecule has 0 aliphatic carbocycles. The summed E-state index contributed by atoms with van der Waals surface area (Å²) >= 11 is 0. The predicted octanol–water partition coefficient (Wildman–Crippen LogP) is 3.49. The molecular formula is C13H9F2N3. The van der Waals surface area contributed by atoms with Crippen molar-refractivity contribution in [1.29, 1.82) is 0 Å². The van der Waals surface area contributed by atoms with E-state index in [-0.39, 0.29) is 0 Å². The van der Waals surface area contributed by atoms with E-state index in [9.17, 15) is 8.78 Å². The van der Waals surface area contributed by atoms with Crippen molar-refractivity contribution in [3.8, 4) is 11.1 Å². The number of nitrogens with zero attached hydrogens (tertiary/aromatic N) is 3. The Morgan fingerprint density at radius 3 is 2.72 bits per heavy atom. The summed E-state index contributed by atoms with van der Waals surface area (Å²) in [6, 6.07) is 9.43. The molecule has 0 aliphatic heterocycles. The van der Waals surface area contributed by atoms with Gasteiger partial charge in [0.2, 0.25) is 0 Å². The maximum Gasteiger partial charge on any atom is 0.333 e. The van der Waals surface area contributed by atoms with Crippen LogP contribution in [0.15, 0.2) is 48.9 Å². The molecular weight excluding hydrogens is 236 g/mol. The highest BCUT2D eigenvalue weighted by molar-refractivity contribution is 5.93. The minimum Gasteiger partial charge on any atom is -0.256 e. The van der Waals surface area contributed by atoms with Crippen molar-refractivity contribution >= 4 is 10.9 Å². The fraction of sp³-hybridized carbons (Fsp3) is 0.0769. The molecule has 3 rings (SSSR count). The zero-order chi connectivity index (χ0) is 12.5. The topological polar surface area (TPSA) is 30.7 Å². The molecule has 90 valence electrons. The van der Waals surface area contributed by atoms with Crippen molar-refractivity contribution in [2.45, 2.75) is 6.55 Å². The Labute approximate surface area is 102 Å². The first-order chi connectivity index (χ1) is 8.75. The maximum atomic E-state index is 12.5. The van der Waals surface area contributed by atoms with Gasteiger partial charge in [-0.15, -0.1) is 0 Å². The summed E-state index contributed by atoms with van der Waals surface area (Å²) < 4.78 is 25.6. The summed E-state index contributed by atoms with van der Waals surface area (Å²) in [5, 5.41) is 4.61. The van der Waals surface area contributed by atoms with Crippen molar-refractivity contribution in [3.63, 3.8) is 0 Å². The average molecular weight is 245 g/mol. The molecule has 0 saturated carbocycles. The molecule has 1 aromatic carbocycles. The average Bonchev–Trinajstić information content (AvgIpc) is 2.87. The lowest BCUT2D eigenvalue weighted by Gasteiger charge is -2.02. The number of halogens is 2. The van der Waals surface area contributed by atoms with Gasteiger partial charge in [-0.05, 0) is 6.07 Å². The number of pyridine rings is 1. The number of fused-ring (bicyclic) bond motifs is 1. The molecule has 3 aromatic rings. The van der Waals surface area contributed by atoms with E-state index >= 15 is 0 Å². The summed E-state index contributed by atoms with van der Waals surface area (Å²) in [6.45, 7) is -2.62. The second-order valence-electron chi connectivity index (χ2n) is 3.87. The van der Waals surface area contributed by atoms with Crippen LogP contribution in [0.2, 0.25) is 0 Å². The van der Waals surface area contributed by atoms with Crippen molar-refractivity contribution in [3.05, 3.63) is 48.9 Å². The quantitative estimate of drug-likeness (QED) is 0.691. The van der Waals surface area contributed by atoms with Crippen LogP contribution in [0.3, 0.4) is 0 Å². The highest BCUT2D eigenvalue weighted by atomic mass is 19.3. The normalized spacial score (nSPS) is 11.3. The molecule has 3 nitrogen and oxygen atoms in total. The molecule has 5 heteroatoms. The molecule has 0 aliphatic rings. The lowest BCUT2D eigenvalue weighted by atomic mass is 10.1. The number of alkyl halides is 2. The van der Waals surface area contributed by atoms with Gasteiger partial charge in [0.25, 0.3) is 0 Å². The van der Waals surface area contributed by atoms with Crippen LogP contribution in [0.5, 0.6) is 0 Å². The second-order valence-corrected chi connectivity index (χ2v) is 3.87. The van der Waals surface area contributed by atoms with E-state index in [2.05, 4.69) is 10.1 Å². The molecule has 2 aromatic heterocycles. The Hall–Kier alpha value is -2.30. The minimum absolute atomic E-state index is 0.636. The maximum absolute atomic E-state index is 12.5. The van der Waals surface area contributed by atoms with Crippen LogP contribution in [0.25, 0.3) is 22.0 Å². The van der Waals surface area contributed by atoms with Crippen LogP contribution < -0.4 is 0 Å². The van der Waals surface area contributed by atoms with Gasteiger partial charge >= 0.3 is 6.55 Å². The van der Waals surface area contributed by atoms with E-state index in [4.69, 9.17) is 0 Å². The van der Waals surface area contributed by atoms with E-state index in [0.29, 0.717) is 10.2 Å². The van der Waals surface area contributed by atoms with Crippen molar-refractivity contribution in [1.82, 2.24) is 14.8 Å². The van der Waals surface area contributed by atoms with Gasteiger partial charge in [0.15, 0.2) is 0 Å². The largest absolute Gasteiger partial charge is 0.333 e. The predicted molar refractivity (Wildman–Crippen MR) is 64.2 cm³/mol. The molecule has 2 heterocycles. The highest BCUT2D eigenvalue weighted by Gasteiger charge is 2.10. The number of hydrogen-bond donors (Lipinski definition) is 0. The van der Waals surface area contributed by atoms with Gasteiger partial charge in [-0.1, -0.05) is 24.3 Å². The third kappa shape index (κ3) is 1.73. The van der Waals surface area contributed by atoms with Crippen molar-refractivity contribution in [2.24, 2.45) is 0 Å². The number of rotatable bonds is 2. The van der Waals surface area contributed by atoms with Gasteiger partial charge in [-0.25, -0.2) is 4.68 Å². The zero-order valence-corrected chi connectivity index (χ0v) is 9.29. The van der Waals surface area contributed by atoms with Gasteiger partial charge < -0.3 is 0 Å². The molecule has 0 spiro atoms. The number of benzene rings is 1. The highest BCUT2D eigenvalue weighted by Crippen LogP contribution is 2.27. The van der Waals surface area contributed by atoms with E-state index < -0.39 is 6.55 Å². The van der Waals surface area contributed by atoms with Crippen molar-refractivity contribution < 1.29 is 8.78 Å². The van der Waals surface area contributed by atoms with Gasteiger partial charge in [0.1, 0.15) is 0 Å². The molecule has 18 heavy (non-hydrogen) atoms. The Kier molecular flexibility index (Phi) is 2.51. The minimum atomic E-state index is -2.62. The molecule has 0 fully saturated rings. The Morgan fingerprint density at radius 2 is 1.94 bits per heavy atom. The molecule has 0 amide bonds. The molecule has 0 unspecified atom stereocenters. The van der Waals surface area contributed by atoms with Crippen molar-refractivity contribution in [2.75, 3.05) is 0 Å². The Bertz CT molecular complexity index is 686. The fourth-order valence-corrected chi connectivity index (χ4v) is 1.92. The van der Waals surface area contributed by atoms with E-state index in [0.717, 1.165) is 16.5 Å². The Balaban J connectivity index is 2.18.